The summed E-state index contributed by atoms with van der Waals surface area (Å²) in [6, 6.07) is 1.08. The lowest BCUT2D eigenvalue weighted by Gasteiger charge is -2.24. The topological polar surface area (TPSA) is 61.9 Å². The van der Waals surface area contributed by atoms with Gasteiger partial charge in [0.25, 0.3) is 0 Å². The second kappa shape index (κ2) is 42.4. The summed E-state index contributed by atoms with van der Waals surface area (Å²) in [6.45, 7) is 8.76. The average Bonchev–Trinajstić information content (AvgIpc) is 3.32. The molecule has 0 bridgehead atoms. The fourth-order valence-electron chi connectivity index (χ4n) is 4.33. The summed E-state index contributed by atoms with van der Waals surface area (Å²) in [5, 5.41) is 0. The van der Waals surface area contributed by atoms with Crippen LogP contribution in [0.15, 0.2) is 0 Å². The summed E-state index contributed by atoms with van der Waals surface area (Å²) < 4.78 is 34.4. The molecule has 0 aliphatic heterocycles. The first-order valence-electron chi connectivity index (χ1n) is 19.7. The van der Waals surface area contributed by atoms with Crippen molar-refractivity contribution in [3.05, 3.63) is 0 Å². The predicted octanol–water partition coefficient (Wildman–Crippen LogP) is 3.66. The van der Waals surface area contributed by atoms with Crippen LogP contribution in [0.5, 0.6) is 0 Å². The molecule has 0 aromatic rings. The fourth-order valence-corrected chi connectivity index (χ4v) is 7.78. The van der Waals surface area contributed by atoms with Crippen molar-refractivity contribution in [3.63, 3.8) is 0 Å². The molecule has 0 unspecified atom stereocenters. The number of hydrogen-bond donors (Lipinski definition) is 0. The predicted molar refractivity (Wildman–Crippen MR) is 260 cm³/mol. The van der Waals surface area contributed by atoms with Gasteiger partial charge in [-0.2, -0.15) is 0 Å². The molecule has 0 radical (unpaired) electrons. The van der Waals surface area contributed by atoms with E-state index in [1.807, 2.05) is 0 Å². The summed E-state index contributed by atoms with van der Waals surface area (Å²) in [4.78, 5) is 4.61. The summed E-state index contributed by atoms with van der Waals surface area (Å²) in [7, 11) is 2.57. The van der Waals surface area contributed by atoms with Gasteiger partial charge in [-0.15, -0.1) is 0 Å². The number of unbranched alkanes of at least 4 members (excludes halogenated alkanes) is 2. The highest BCUT2D eigenvalue weighted by atomic mass is 28.4. The molecular weight excluding hydrogens is 841 g/mol. The van der Waals surface area contributed by atoms with Crippen LogP contribution in [0, 0.1) is 214 Å². The highest BCUT2D eigenvalue weighted by Gasteiger charge is 2.44. The SMILES string of the molecule is CC#CC#CC#CC#CC#CC#CO[Si](CCCCN(C)CCCN(C)CCCC[Si](OC)(OC#CC#CC#CC#CC#CC#CC)OC#CC#CC#CC#CC#CC#CC)(OC)OC. The summed E-state index contributed by atoms with van der Waals surface area (Å²) in [5.74, 6) is 85.3. The minimum absolute atomic E-state index is 0.461. The zero-order chi connectivity index (χ0) is 47.6. The van der Waals surface area contributed by atoms with Gasteiger partial charge in [-0.1, -0.05) is 17.8 Å². The van der Waals surface area contributed by atoms with E-state index in [9.17, 15) is 0 Å². The first-order valence-corrected chi connectivity index (χ1v) is 23.5. The Bertz CT molecular complexity index is 2680. The molecule has 0 fully saturated rings. The van der Waals surface area contributed by atoms with E-state index < -0.39 is 17.6 Å². The Morgan fingerprint density at radius 1 is 0.292 bits per heavy atom. The van der Waals surface area contributed by atoms with E-state index in [2.05, 4.69) is 238 Å². The van der Waals surface area contributed by atoms with Crippen LogP contribution in [0.1, 0.15) is 52.9 Å². The minimum Gasteiger partial charge on any atom is -0.450 e. The number of rotatable bonds is 20. The van der Waals surface area contributed by atoms with Gasteiger partial charge in [-0.25, -0.2) is 0 Å². The molecule has 65 heavy (non-hydrogen) atoms. The summed E-state index contributed by atoms with van der Waals surface area (Å²) in [6.07, 6.45) is 12.2. The molecule has 0 atom stereocenters. The van der Waals surface area contributed by atoms with Gasteiger partial charge in [-0.05, 0) is 182 Å². The van der Waals surface area contributed by atoms with E-state index in [-0.39, 0.29) is 0 Å². The zero-order valence-corrected chi connectivity index (χ0v) is 40.1. The van der Waals surface area contributed by atoms with Gasteiger partial charge in [0.1, 0.15) is 18.3 Å². The Morgan fingerprint density at radius 3 is 0.800 bits per heavy atom. The van der Waals surface area contributed by atoms with Crippen LogP contribution < -0.4 is 0 Å². The molecule has 8 nitrogen and oxygen atoms in total. The maximum Gasteiger partial charge on any atom is 0.649 e. The first-order chi connectivity index (χ1) is 31.9. The normalized spacial score (nSPS) is 7.85. The lowest BCUT2D eigenvalue weighted by atomic mass is 10.3. The zero-order valence-electron chi connectivity index (χ0n) is 38.1. The van der Waals surface area contributed by atoms with Crippen molar-refractivity contribution in [2.75, 3.05) is 61.6 Å². The van der Waals surface area contributed by atoms with Crippen molar-refractivity contribution in [2.45, 2.75) is 65.0 Å². The number of nitrogens with zero attached hydrogens (tertiary/aromatic N) is 2. The molecule has 0 aromatic carbocycles. The van der Waals surface area contributed by atoms with Crippen molar-refractivity contribution >= 4 is 17.6 Å². The molecule has 0 aliphatic rings. The molecular formula is C55H46N2O6Si2. The van der Waals surface area contributed by atoms with Crippen molar-refractivity contribution < 1.29 is 26.6 Å². The highest BCUT2D eigenvalue weighted by molar-refractivity contribution is 6.61. The van der Waals surface area contributed by atoms with E-state index in [0.717, 1.165) is 58.3 Å². The number of hydrogen-bond acceptors (Lipinski definition) is 8. The second-order valence-electron chi connectivity index (χ2n) is 12.0. The lowest BCUT2D eigenvalue weighted by Crippen LogP contribution is -2.42. The Balaban J connectivity index is 5.14. The van der Waals surface area contributed by atoms with E-state index in [1.54, 1.807) is 35.0 Å². The largest absolute Gasteiger partial charge is 0.649 e. The third-order valence-corrected chi connectivity index (χ3v) is 12.4. The molecule has 0 spiro atoms. The lowest BCUT2D eigenvalue weighted by molar-refractivity contribution is 0.147. The molecule has 0 rings (SSSR count). The highest BCUT2D eigenvalue weighted by Crippen LogP contribution is 2.19. The Morgan fingerprint density at radius 2 is 0.523 bits per heavy atom. The fraction of sp³-hybridized carbons (Fsp3) is 0.345. The molecule has 0 N–H and O–H groups in total. The smallest absolute Gasteiger partial charge is 0.450 e. The molecule has 0 heterocycles. The van der Waals surface area contributed by atoms with Crippen molar-refractivity contribution in [3.8, 4) is 214 Å². The minimum atomic E-state index is -3.35. The molecule has 320 valence electrons. The first kappa shape index (κ1) is 56.7. The molecule has 0 saturated carbocycles. The van der Waals surface area contributed by atoms with Crippen LogP contribution in [-0.4, -0.2) is 89.0 Å². The van der Waals surface area contributed by atoms with E-state index in [1.165, 1.54) is 7.11 Å². The Labute approximate surface area is 392 Å². The molecule has 0 amide bonds. The van der Waals surface area contributed by atoms with E-state index in [0.29, 0.717) is 12.1 Å². The maximum absolute atomic E-state index is 5.82. The molecule has 0 saturated heterocycles. The van der Waals surface area contributed by atoms with Gasteiger partial charge in [0, 0.05) is 122 Å². The molecule has 0 aromatic heterocycles. The van der Waals surface area contributed by atoms with Crippen LogP contribution in [0.3, 0.4) is 0 Å². The summed E-state index contributed by atoms with van der Waals surface area (Å²) in [5.41, 5.74) is 0. The summed E-state index contributed by atoms with van der Waals surface area (Å²) >= 11 is 0. The third kappa shape index (κ3) is 35.1. The van der Waals surface area contributed by atoms with Crippen LogP contribution in [0.2, 0.25) is 12.1 Å². The van der Waals surface area contributed by atoms with Crippen molar-refractivity contribution in [2.24, 2.45) is 0 Å². The van der Waals surface area contributed by atoms with Gasteiger partial charge < -0.3 is 36.4 Å². The van der Waals surface area contributed by atoms with Gasteiger partial charge >= 0.3 is 17.6 Å². The van der Waals surface area contributed by atoms with Crippen LogP contribution in [0.25, 0.3) is 0 Å². The van der Waals surface area contributed by atoms with Gasteiger partial charge in [0.15, 0.2) is 0 Å². The van der Waals surface area contributed by atoms with E-state index in [4.69, 9.17) is 26.6 Å². The Kier molecular flexibility index (Phi) is 37.0. The van der Waals surface area contributed by atoms with Crippen LogP contribution >= 0.6 is 0 Å². The van der Waals surface area contributed by atoms with Gasteiger partial charge in [-0.3, -0.25) is 0 Å². The van der Waals surface area contributed by atoms with Gasteiger partial charge in [0.05, 0.1) is 0 Å². The van der Waals surface area contributed by atoms with E-state index >= 15 is 0 Å². The molecule has 0 aliphatic carbocycles. The van der Waals surface area contributed by atoms with Gasteiger partial charge in [0.2, 0.25) is 0 Å². The molecule has 10 heteroatoms. The average molecular weight is 887 g/mol. The second-order valence-corrected chi connectivity index (χ2v) is 17.5. The third-order valence-electron chi connectivity index (χ3n) is 7.39. The Hall–Kier alpha value is -8.29. The van der Waals surface area contributed by atoms with Crippen molar-refractivity contribution in [1.82, 2.24) is 9.80 Å². The van der Waals surface area contributed by atoms with Crippen LogP contribution in [0.4, 0.5) is 0 Å². The quantitative estimate of drug-likeness (QED) is 0.105. The van der Waals surface area contributed by atoms with Crippen molar-refractivity contribution in [1.29, 1.82) is 0 Å². The maximum atomic E-state index is 5.82. The monoisotopic (exact) mass is 886 g/mol. The van der Waals surface area contributed by atoms with Crippen LogP contribution in [-0.2, 0) is 26.6 Å². The standard InChI is InChI=1S/C55H46N2O6Si2/c1-9-12-15-18-21-24-27-30-33-36-41-51-61-64(58-6,59-7)54-44-39-47-56(4)49-46-50-57(5)48-40-45-55-65(60-8,62-52-42-37-34-31-28-25-22-19-16-13-10-2)63-53-43-38-35-32-29-26-23-20-17-14-11-3/h39-40,44-50,54-55H2,1-8H3.